The molecule has 0 aromatic heterocycles. The molecule has 0 rings (SSSR count). The molecular weight excluding hydrogens is 188 g/mol. The lowest BCUT2D eigenvalue weighted by Crippen LogP contribution is -2.44. The summed E-state index contributed by atoms with van der Waals surface area (Å²) < 4.78 is 0. The van der Waals surface area contributed by atoms with Crippen LogP contribution in [0.4, 0.5) is 0 Å². The maximum atomic E-state index is 5.09. The van der Waals surface area contributed by atoms with E-state index in [9.17, 15) is 0 Å². The zero-order chi connectivity index (χ0) is 9.56. The monoisotopic (exact) mass is 206 g/mol. The Kier molecular flexibility index (Phi) is 6.57. The topological polar surface area (TPSA) is 24.1 Å². The van der Waals surface area contributed by atoms with Gasteiger partial charge in [-0.3, -0.25) is 0 Å². The maximum absolute atomic E-state index is 5.09. The van der Waals surface area contributed by atoms with Crippen LogP contribution < -0.4 is 10.6 Å². The molecule has 0 bridgehead atoms. The first-order chi connectivity index (χ1) is 5.56. The van der Waals surface area contributed by atoms with Crippen molar-refractivity contribution >= 4 is 29.1 Å². The first-order valence-electron chi connectivity index (χ1n) is 4.12. The Morgan fingerprint density at radius 3 is 2.33 bits per heavy atom. The second-order valence-corrected chi connectivity index (χ2v) is 4.45. The van der Waals surface area contributed by atoms with Crippen molar-refractivity contribution in [1.29, 1.82) is 0 Å². The molecule has 1 atom stereocenters. The van der Waals surface area contributed by atoms with Gasteiger partial charge < -0.3 is 10.6 Å². The van der Waals surface area contributed by atoms with Gasteiger partial charge in [-0.25, -0.2) is 0 Å². The fourth-order valence-electron chi connectivity index (χ4n) is 0.819. The summed E-state index contributed by atoms with van der Waals surface area (Å²) in [6.45, 7) is 6.28. The van der Waals surface area contributed by atoms with Crippen LogP contribution >= 0.6 is 24.0 Å². The number of nitrogens with one attached hydrogen (secondary N) is 2. The molecule has 0 amide bonds. The third-order valence-electron chi connectivity index (χ3n) is 1.21. The normalized spacial score (nSPS) is 12.8. The molecule has 0 fully saturated rings. The highest BCUT2D eigenvalue weighted by Crippen LogP contribution is 1.95. The van der Waals surface area contributed by atoms with Crippen molar-refractivity contribution < 1.29 is 0 Å². The van der Waals surface area contributed by atoms with Crippen molar-refractivity contribution in [3.05, 3.63) is 0 Å². The van der Waals surface area contributed by atoms with Gasteiger partial charge in [-0.2, -0.15) is 11.8 Å². The number of hydrogen-bond acceptors (Lipinski definition) is 2. The van der Waals surface area contributed by atoms with E-state index in [1.54, 1.807) is 0 Å². The summed E-state index contributed by atoms with van der Waals surface area (Å²) in [5.74, 6) is 1.08. The SMILES string of the molecule is CSCC(C)NC(=S)NC(C)C. The molecule has 1 unspecified atom stereocenters. The van der Waals surface area contributed by atoms with Crippen LogP contribution in [-0.4, -0.2) is 29.2 Å². The molecule has 0 saturated heterocycles. The molecular formula is C8H18N2S2. The highest BCUT2D eigenvalue weighted by atomic mass is 32.2. The Hall–Kier alpha value is 0.0400. The van der Waals surface area contributed by atoms with Gasteiger partial charge >= 0.3 is 0 Å². The fourth-order valence-corrected chi connectivity index (χ4v) is 1.84. The average Bonchev–Trinajstić information content (AvgIpc) is 1.84. The third kappa shape index (κ3) is 6.73. The summed E-state index contributed by atoms with van der Waals surface area (Å²) in [7, 11) is 0. The standard InChI is InChI=1S/C8H18N2S2/c1-6(2)9-8(11)10-7(3)5-12-4/h6-7H,5H2,1-4H3,(H2,9,10,11). The molecule has 72 valence electrons. The predicted molar refractivity (Wildman–Crippen MR) is 61.8 cm³/mol. The maximum Gasteiger partial charge on any atom is 0.166 e. The molecule has 12 heavy (non-hydrogen) atoms. The molecule has 0 aliphatic carbocycles. The third-order valence-corrected chi connectivity index (χ3v) is 2.28. The van der Waals surface area contributed by atoms with Crippen LogP contribution in [0.5, 0.6) is 0 Å². The number of thiocarbonyl (C=S) groups is 1. The summed E-state index contributed by atoms with van der Waals surface area (Å²) in [5, 5.41) is 7.11. The lowest BCUT2D eigenvalue weighted by Gasteiger charge is -2.17. The van der Waals surface area contributed by atoms with Crippen LogP contribution in [0.15, 0.2) is 0 Å². The van der Waals surface area contributed by atoms with Crippen molar-refractivity contribution in [3.8, 4) is 0 Å². The van der Waals surface area contributed by atoms with Crippen LogP contribution in [0.1, 0.15) is 20.8 Å². The lowest BCUT2D eigenvalue weighted by molar-refractivity contribution is 0.677. The van der Waals surface area contributed by atoms with Crippen LogP contribution in [0.2, 0.25) is 0 Å². The van der Waals surface area contributed by atoms with Crippen molar-refractivity contribution in [1.82, 2.24) is 10.6 Å². The number of thioether (sulfide) groups is 1. The minimum absolute atomic E-state index is 0.409. The summed E-state index contributed by atoms with van der Waals surface area (Å²) in [4.78, 5) is 0. The molecule has 2 N–H and O–H groups in total. The van der Waals surface area contributed by atoms with Crippen LogP contribution in [0.3, 0.4) is 0 Å². The van der Waals surface area contributed by atoms with E-state index in [0.29, 0.717) is 12.1 Å². The smallest absolute Gasteiger partial charge is 0.166 e. The van der Waals surface area contributed by atoms with Crippen LogP contribution in [-0.2, 0) is 0 Å². The van der Waals surface area contributed by atoms with Crippen LogP contribution in [0.25, 0.3) is 0 Å². The molecule has 0 aliphatic rings. The number of rotatable bonds is 4. The first kappa shape index (κ1) is 12.0. The Morgan fingerprint density at radius 1 is 1.33 bits per heavy atom. The van der Waals surface area contributed by atoms with Gasteiger partial charge in [0.2, 0.25) is 0 Å². The van der Waals surface area contributed by atoms with Crippen molar-refractivity contribution in [2.24, 2.45) is 0 Å². The molecule has 0 aliphatic heterocycles. The Bertz CT molecular complexity index is 137. The van der Waals surface area contributed by atoms with Crippen molar-refractivity contribution in [3.63, 3.8) is 0 Å². The van der Waals surface area contributed by atoms with Crippen molar-refractivity contribution in [2.75, 3.05) is 12.0 Å². The Morgan fingerprint density at radius 2 is 1.92 bits per heavy atom. The van der Waals surface area contributed by atoms with E-state index in [1.165, 1.54) is 0 Å². The Balaban J connectivity index is 3.54. The molecule has 0 aromatic carbocycles. The van der Waals surface area contributed by atoms with Gasteiger partial charge in [0.25, 0.3) is 0 Å². The highest BCUT2D eigenvalue weighted by Gasteiger charge is 2.03. The van der Waals surface area contributed by atoms with E-state index in [-0.39, 0.29) is 0 Å². The Labute approximate surface area is 84.9 Å². The van der Waals surface area contributed by atoms with E-state index in [0.717, 1.165) is 10.9 Å². The van der Waals surface area contributed by atoms with Gasteiger partial charge in [-0.15, -0.1) is 0 Å². The number of hydrogen-bond donors (Lipinski definition) is 2. The second-order valence-electron chi connectivity index (χ2n) is 3.13. The van der Waals surface area contributed by atoms with Gasteiger partial charge in [0.05, 0.1) is 0 Å². The summed E-state index contributed by atoms with van der Waals surface area (Å²) in [6, 6.07) is 0.852. The summed E-state index contributed by atoms with van der Waals surface area (Å²) in [5.41, 5.74) is 0. The summed E-state index contributed by atoms with van der Waals surface area (Å²) in [6.07, 6.45) is 2.09. The predicted octanol–water partition coefficient (Wildman–Crippen LogP) is 1.61. The van der Waals surface area contributed by atoms with Gasteiger partial charge in [-0.1, -0.05) is 0 Å². The van der Waals surface area contributed by atoms with Gasteiger partial charge in [0.15, 0.2) is 5.11 Å². The zero-order valence-electron chi connectivity index (χ0n) is 8.18. The molecule has 0 saturated carbocycles. The van der Waals surface area contributed by atoms with Gasteiger partial charge in [0, 0.05) is 17.8 Å². The minimum Gasteiger partial charge on any atom is -0.361 e. The lowest BCUT2D eigenvalue weighted by atomic mass is 10.4. The van der Waals surface area contributed by atoms with Gasteiger partial charge in [0.1, 0.15) is 0 Å². The van der Waals surface area contributed by atoms with E-state index >= 15 is 0 Å². The van der Waals surface area contributed by atoms with E-state index in [1.807, 2.05) is 11.8 Å². The zero-order valence-corrected chi connectivity index (χ0v) is 9.81. The fraction of sp³-hybridized carbons (Fsp3) is 0.875. The first-order valence-corrected chi connectivity index (χ1v) is 5.92. The molecule has 0 heterocycles. The average molecular weight is 206 g/mol. The highest BCUT2D eigenvalue weighted by molar-refractivity contribution is 7.98. The van der Waals surface area contributed by atoms with Gasteiger partial charge in [-0.05, 0) is 39.2 Å². The van der Waals surface area contributed by atoms with Crippen LogP contribution in [0, 0.1) is 0 Å². The van der Waals surface area contributed by atoms with E-state index in [2.05, 4.69) is 37.7 Å². The molecule has 0 spiro atoms. The molecule has 0 radical (unpaired) electrons. The largest absolute Gasteiger partial charge is 0.361 e. The minimum atomic E-state index is 0.409. The molecule has 2 nitrogen and oxygen atoms in total. The second kappa shape index (κ2) is 6.54. The summed E-state index contributed by atoms with van der Waals surface area (Å²) >= 11 is 6.91. The quantitative estimate of drug-likeness (QED) is 0.683. The molecule has 4 heteroatoms. The van der Waals surface area contributed by atoms with Crippen molar-refractivity contribution in [2.45, 2.75) is 32.9 Å². The van der Waals surface area contributed by atoms with E-state index in [4.69, 9.17) is 12.2 Å². The molecule has 0 aromatic rings. The van der Waals surface area contributed by atoms with E-state index < -0.39 is 0 Å².